The molecular weight excluding hydrogens is 165 g/mol. The van der Waals surface area contributed by atoms with Crippen LogP contribution in [0.4, 0.5) is 18.0 Å². The quantitative estimate of drug-likeness (QED) is 0.656. The molecular formula is C5H7F3O3. The molecule has 0 aromatic carbocycles. The predicted molar refractivity (Wildman–Crippen MR) is 29.5 cm³/mol. The summed E-state index contributed by atoms with van der Waals surface area (Å²) in [6.07, 6.45) is -2.56. The molecule has 0 saturated heterocycles. The van der Waals surface area contributed by atoms with Gasteiger partial charge in [-0.2, -0.15) is 0 Å². The summed E-state index contributed by atoms with van der Waals surface area (Å²) in [7, 11) is 0. The summed E-state index contributed by atoms with van der Waals surface area (Å²) in [5.41, 5.74) is 0. The van der Waals surface area contributed by atoms with Gasteiger partial charge in [-0.15, -0.1) is 0 Å². The lowest BCUT2D eigenvalue weighted by Gasteiger charge is -2.10. The number of alkyl halides is 3. The molecule has 0 fully saturated rings. The first-order valence-corrected chi connectivity index (χ1v) is 2.77. The van der Waals surface area contributed by atoms with E-state index in [0.717, 1.165) is 0 Å². The molecule has 11 heavy (non-hydrogen) atoms. The summed E-state index contributed by atoms with van der Waals surface area (Å²) in [6.45, 7) is -2.48. The normalized spacial score (nSPS) is 11.2. The second-order valence-electron chi connectivity index (χ2n) is 1.85. The average Bonchev–Trinajstić information content (AvgIpc) is 1.87. The van der Waals surface area contributed by atoms with Crippen LogP contribution in [-0.4, -0.2) is 30.5 Å². The maximum Gasteiger partial charge on any atom is 0.505 e. The summed E-state index contributed by atoms with van der Waals surface area (Å²) in [5, 5.41) is 7.82. The Morgan fingerprint density at radius 2 is 2.09 bits per heavy atom. The van der Waals surface area contributed by atoms with E-state index in [1.165, 1.54) is 0 Å². The van der Waals surface area contributed by atoms with Crippen molar-refractivity contribution in [1.29, 1.82) is 0 Å². The fraction of sp³-hybridized carbons (Fsp3) is 0.800. The van der Waals surface area contributed by atoms with Gasteiger partial charge in [-0.05, 0) is 0 Å². The predicted octanol–water partition coefficient (Wildman–Crippen LogP) is 1.68. The van der Waals surface area contributed by atoms with Gasteiger partial charge in [-0.25, -0.2) is 18.0 Å². The number of carbonyl (C=O) groups is 1. The van der Waals surface area contributed by atoms with E-state index in [1.54, 1.807) is 0 Å². The van der Waals surface area contributed by atoms with Gasteiger partial charge < -0.3 is 9.84 Å². The Morgan fingerprint density at radius 3 is 2.45 bits per heavy atom. The Kier molecular flexibility index (Phi) is 3.70. The third-order valence-electron chi connectivity index (χ3n) is 0.889. The third kappa shape index (κ3) is 5.50. The molecule has 0 amide bonds. The lowest BCUT2D eigenvalue weighted by Crippen LogP contribution is -2.21. The summed E-state index contributed by atoms with van der Waals surface area (Å²) in [5.74, 6) is -3.48. The van der Waals surface area contributed by atoms with Gasteiger partial charge in [0.2, 0.25) is 0 Å². The van der Waals surface area contributed by atoms with E-state index in [4.69, 9.17) is 5.11 Å². The summed E-state index contributed by atoms with van der Waals surface area (Å²) >= 11 is 0. The lowest BCUT2D eigenvalue weighted by molar-refractivity contribution is -0.0457. The molecule has 0 aromatic rings. The molecule has 0 radical (unpaired) electrons. The van der Waals surface area contributed by atoms with E-state index in [2.05, 4.69) is 4.74 Å². The highest BCUT2D eigenvalue weighted by Crippen LogP contribution is 2.18. The molecule has 0 aliphatic carbocycles. The number of rotatable bonds is 4. The number of hydrogen-bond donors (Lipinski definition) is 1. The Morgan fingerprint density at radius 1 is 1.55 bits per heavy atom. The fourth-order valence-corrected chi connectivity index (χ4v) is 0.354. The van der Waals surface area contributed by atoms with Crippen LogP contribution in [0.1, 0.15) is 6.42 Å². The van der Waals surface area contributed by atoms with Crippen LogP contribution >= 0.6 is 0 Å². The maximum atomic E-state index is 12.0. The molecule has 0 unspecified atom stereocenters. The van der Waals surface area contributed by atoms with Gasteiger partial charge in [0.1, 0.15) is 6.61 Å². The van der Waals surface area contributed by atoms with Crippen molar-refractivity contribution in [2.75, 3.05) is 13.3 Å². The van der Waals surface area contributed by atoms with Crippen molar-refractivity contribution < 1.29 is 27.8 Å². The fourth-order valence-electron chi connectivity index (χ4n) is 0.354. The number of carboxylic acid groups (broad SMARTS) is 1. The summed E-state index contributed by atoms with van der Waals surface area (Å²) < 4.78 is 39.0. The van der Waals surface area contributed by atoms with Crippen molar-refractivity contribution >= 4 is 6.16 Å². The molecule has 0 spiro atoms. The summed E-state index contributed by atoms with van der Waals surface area (Å²) in [4.78, 5) is 9.61. The minimum atomic E-state index is -3.48. The smallest absolute Gasteiger partial charge is 0.450 e. The van der Waals surface area contributed by atoms with Crippen molar-refractivity contribution in [3.8, 4) is 0 Å². The summed E-state index contributed by atoms with van der Waals surface area (Å²) in [6, 6.07) is 0. The molecule has 0 saturated carbocycles. The minimum Gasteiger partial charge on any atom is -0.450 e. The average molecular weight is 172 g/mol. The van der Waals surface area contributed by atoms with Crippen LogP contribution in [0.2, 0.25) is 0 Å². The first kappa shape index (κ1) is 10.1. The van der Waals surface area contributed by atoms with Crippen LogP contribution < -0.4 is 0 Å². The number of halogens is 3. The van der Waals surface area contributed by atoms with Gasteiger partial charge >= 0.3 is 6.16 Å². The van der Waals surface area contributed by atoms with Gasteiger partial charge in [0.25, 0.3) is 5.92 Å². The van der Waals surface area contributed by atoms with Gasteiger partial charge in [0, 0.05) is 6.42 Å². The van der Waals surface area contributed by atoms with Crippen LogP contribution in [0.15, 0.2) is 0 Å². The molecule has 0 rings (SSSR count). The molecule has 0 aliphatic rings. The molecule has 1 N–H and O–H groups in total. The van der Waals surface area contributed by atoms with E-state index in [-0.39, 0.29) is 0 Å². The van der Waals surface area contributed by atoms with Crippen LogP contribution in [0.25, 0.3) is 0 Å². The highest BCUT2D eigenvalue weighted by atomic mass is 19.3. The highest BCUT2D eigenvalue weighted by molar-refractivity contribution is 5.56. The van der Waals surface area contributed by atoms with E-state index < -0.39 is 31.8 Å². The van der Waals surface area contributed by atoms with Crippen LogP contribution in [0.5, 0.6) is 0 Å². The van der Waals surface area contributed by atoms with Gasteiger partial charge in [-0.1, -0.05) is 0 Å². The molecule has 0 aliphatic heterocycles. The Labute approximate surface area is 60.8 Å². The van der Waals surface area contributed by atoms with Crippen LogP contribution in [0.3, 0.4) is 0 Å². The molecule has 66 valence electrons. The van der Waals surface area contributed by atoms with Crippen molar-refractivity contribution in [1.82, 2.24) is 0 Å². The zero-order chi connectivity index (χ0) is 8.91. The second-order valence-corrected chi connectivity index (χ2v) is 1.85. The van der Waals surface area contributed by atoms with Crippen LogP contribution in [-0.2, 0) is 4.74 Å². The van der Waals surface area contributed by atoms with Crippen molar-refractivity contribution in [2.24, 2.45) is 0 Å². The van der Waals surface area contributed by atoms with Gasteiger partial charge in [0.05, 0.1) is 0 Å². The minimum absolute atomic E-state index is 0.688. The Balaban J connectivity index is 3.45. The molecule has 6 heteroatoms. The monoisotopic (exact) mass is 172 g/mol. The van der Waals surface area contributed by atoms with Crippen molar-refractivity contribution in [3.05, 3.63) is 0 Å². The van der Waals surface area contributed by atoms with Crippen molar-refractivity contribution in [3.63, 3.8) is 0 Å². The zero-order valence-electron chi connectivity index (χ0n) is 5.52. The third-order valence-corrected chi connectivity index (χ3v) is 0.889. The lowest BCUT2D eigenvalue weighted by atomic mass is 10.3. The zero-order valence-corrected chi connectivity index (χ0v) is 5.52. The topological polar surface area (TPSA) is 46.5 Å². The Hall–Kier alpha value is -0.940. The standard InChI is InChI=1S/C5H7F3O3/c6-3-5(7,8)1-2-11-4(9)10/h1-3H2,(H,9,10). The number of ether oxygens (including phenoxy) is 1. The molecule has 0 atom stereocenters. The Bertz CT molecular complexity index is 137. The van der Waals surface area contributed by atoms with Crippen molar-refractivity contribution in [2.45, 2.75) is 12.3 Å². The van der Waals surface area contributed by atoms with E-state index >= 15 is 0 Å². The van der Waals surface area contributed by atoms with E-state index in [9.17, 15) is 18.0 Å². The van der Waals surface area contributed by atoms with Crippen LogP contribution in [0, 0.1) is 0 Å². The highest BCUT2D eigenvalue weighted by Gasteiger charge is 2.28. The van der Waals surface area contributed by atoms with E-state index in [1.807, 2.05) is 0 Å². The molecule has 0 heterocycles. The molecule has 3 nitrogen and oxygen atoms in total. The van der Waals surface area contributed by atoms with E-state index in [0.29, 0.717) is 0 Å². The largest absolute Gasteiger partial charge is 0.505 e. The first-order valence-electron chi connectivity index (χ1n) is 2.77. The second kappa shape index (κ2) is 4.05. The SMILES string of the molecule is O=C(O)OCCC(F)(F)CF. The maximum absolute atomic E-state index is 12.0. The number of hydrogen-bond acceptors (Lipinski definition) is 2. The molecule has 0 aromatic heterocycles. The van der Waals surface area contributed by atoms with Gasteiger partial charge in [-0.3, -0.25) is 0 Å². The van der Waals surface area contributed by atoms with Gasteiger partial charge in [0.15, 0.2) is 6.67 Å². The molecule has 0 bridgehead atoms. The first-order chi connectivity index (χ1) is 4.98.